The summed E-state index contributed by atoms with van der Waals surface area (Å²) in [7, 11) is 0. The molecule has 110 valence electrons. The molecule has 0 aliphatic heterocycles. The third kappa shape index (κ3) is 4.02. The van der Waals surface area contributed by atoms with Crippen LogP contribution in [0, 0.1) is 0 Å². The van der Waals surface area contributed by atoms with Gasteiger partial charge in [-0.05, 0) is 18.6 Å². The highest BCUT2D eigenvalue weighted by Gasteiger charge is 2.15. The van der Waals surface area contributed by atoms with Crippen molar-refractivity contribution in [1.29, 1.82) is 0 Å². The van der Waals surface area contributed by atoms with E-state index in [1.165, 1.54) is 12.5 Å². The number of nitrogens with zero attached hydrogens (tertiary/aromatic N) is 3. The number of carboxylic acids is 1. The maximum absolute atomic E-state index is 11.3. The number of hydrogen-bond acceptors (Lipinski definition) is 4. The van der Waals surface area contributed by atoms with Crippen molar-refractivity contribution in [2.45, 2.75) is 26.3 Å². The second-order valence-corrected chi connectivity index (χ2v) is 4.80. The minimum Gasteiger partial charge on any atom is -0.478 e. The van der Waals surface area contributed by atoms with Crippen molar-refractivity contribution in [3.8, 4) is 0 Å². The molecule has 0 saturated carbocycles. The van der Waals surface area contributed by atoms with Gasteiger partial charge in [0.15, 0.2) is 0 Å². The Bertz CT molecular complexity index is 587. The number of aromatic nitrogens is 2. The molecular weight excluding hydrogens is 266 g/mol. The second kappa shape index (κ2) is 7.38. The van der Waals surface area contributed by atoms with Crippen LogP contribution in [0.1, 0.15) is 35.8 Å². The van der Waals surface area contributed by atoms with Gasteiger partial charge in [0.05, 0.1) is 12.2 Å². The highest BCUT2D eigenvalue weighted by molar-refractivity contribution is 5.88. The smallest absolute Gasteiger partial charge is 0.339 e. The van der Waals surface area contributed by atoms with Crippen LogP contribution in [0.25, 0.3) is 0 Å². The number of rotatable bonds is 7. The number of aromatic carboxylic acids is 1. The summed E-state index contributed by atoms with van der Waals surface area (Å²) in [5.74, 6) is -0.992. The van der Waals surface area contributed by atoms with Crippen molar-refractivity contribution >= 4 is 11.7 Å². The van der Waals surface area contributed by atoms with Crippen molar-refractivity contribution in [3.63, 3.8) is 0 Å². The van der Waals surface area contributed by atoms with Gasteiger partial charge in [-0.1, -0.05) is 31.5 Å². The van der Waals surface area contributed by atoms with Gasteiger partial charge in [0, 0.05) is 18.4 Å². The molecule has 5 nitrogen and oxygen atoms in total. The van der Waals surface area contributed by atoms with Crippen LogP contribution in [0.5, 0.6) is 0 Å². The topological polar surface area (TPSA) is 66.3 Å². The molecule has 1 aromatic heterocycles. The summed E-state index contributed by atoms with van der Waals surface area (Å²) in [6, 6.07) is 9.97. The quantitative estimate of drug-likeness (QED) is 0.847. The van der Waals surface area contributed by atoms with Gasteiger partial charge >= 0.3 is 5.97 Å². The average molecular weight is 285 g/mol. The maximum Gasteiger partial charge on any atom is 0.339 e. The first-order chi connectivity index (χ1) is 10.2. The van der Waals surface area contributed by atoms with Crippen LogP contribution >= 0.6 is 0 Å². The molecule has 0 radical (unpaired) electrons. The fourth-order valence-electron chi connectivity index (χ4n) is 2.13. The predicted octanol–water partition coefficient (Wildman–Crippen LogP) is 2.98. The lowest BCUT2D eigenvalue weighted by Crippen LogP contribution is -2.25. The molecule has 0 aliphatic carbocycles. The highest BCUT2D eigenvalue weighted by Crippen LogP contribution is 2.18. The fraction of sp³-hybridized carbons (Fsp3) is 0.312. The summed E-state index contributed by atoms with van der Waals surface area (Å²) >= 11 is 0. The molecule has 0 spiro atoms. The van der Waals surface area contributed by atoms with Crippen molar-refractivity contribution in [3.05, 3.63) is 54.1 Å². The van der Waals surface area contributed by atoms with Gasteiger partial charge in [-0.2, -0.15) is 0 Å². The molecule has 1 N–H and O–H groups in total. The van der Waals surface area contributed by atoms with E-state index < -0.39 is 5.97 Å². The lowest BCUT2D eigenvalue weighted by atomic mass is 10.2. The summed E-state index contributed by atoms with van der Waals surface area (Å²) < 4.78 is 0. The minimum atomic E-state index is -0.992. The Balaban J connectivity index is 2.25. The van der Waals surface area contributed by atoms with Gasteiger partial charge in [-0.15, -0.1) is 0 Å². The summed E-state index contributed by atoms with van der Waals surface area (Å²) in [6.07, 6.45) is 4.87. The lowest BCUT2D eigenvalue weighted by Gasteiger charge is -2.24. The summed E-state index contributed by atoms with van der Waals surface area (Å²) in [5, 5.41) is 9.23. The Morgan fingerprint density at radius 1 is 1.29 bits per heavy atom. The van der Waals surface area contributed by atoms with Crippen LogP contribution in [0.3, 0.4) is 0 Å². The molecule has 2 aromatic rings. The first-order valence-electron chi connectivity index (χ1n) is 7.04. The number of anilines is 1. The number of unbranched alkanes of at least 4 members (excludes halogenated alkanes) is 1. The third-order valence-electron chi connectivity index (χ3n) is 3.27. The predicted molar refractivity (Wildman–Crippen MR) is 81.4 cm³/mol. The normalized spacial score (nSPS) is 10.3. The van der Waals surface area contributed by atoms with E-state index in [0.29, 0.717) is 12.2 Å². The second-order valence-electron chi connectivity index (χ2n) is 4.80. The van der Waals surface area contributed by atoms with Gasteiger partial charge < -0.3 is 10.0 Å². The SMILES string of the molecule is CCCCN(Cc1ncncc1C(=O)O)c1ccccc1. The van der Waals surface area contributed by atoms with E-state index in [-0.39, 0.29) is 5.56 Å². The number of hydrogen-bond donors (Lipinski definition) is 1. The van der Waals surface area contributed by atoms with E-state index in [2.05, 4.69) is 21.8 Å². The molecule has 2 rings (SSSR count). The summed E-state index contributed by atoms with van der Waals surface area (Å²) in [6.45, 7) is 3.47. The van der Waals surface area contributed by atoms with Crippen molar-refractivity contribution < 1.29 is 9.90 Å². The molecule has 21 heavy (non-hydrogen) atoms. The first-order valence-corrected chi connectivity index (χ1v) is 7.04. The molecule has 0 bridgehead atoms. The van der Waals surface area contributed by atoms with Gasteiger partial charge in [-0.25, -0.2) is 14.8 Å². The zero-order valence-electron chi connectivity index (χ0n) is 12.1. The largest absolute Gasteiger partial charge is 0.478 e. The molecular formula is C16H19N3O2. The van der Waals surface area contributed by atoms with Gasteiger partial charge in [-0.3, -0.25) is 0 Å². The molecule has 0 saturated heterocycles. The van der Waals surface area contributed by atoms with Crippen molar-refractivity contribution in [1.82, 2.24) is 9.97 Å². The van der Waals surface area contributed by atoms with Crippen LogP contribution in [-0.4, -0.2) is 27.6 Å². The Morgan fingerprint density at radius 3 is 2.71 bits per heavy atom. The molecule has 0 unspecified atom stereocenters. The first kappa shape index (κ1) is 15.0. The van der Waals surface area contributed by atoms with E-state index in [1.807, 2.05) is 30.3 Å². The van der Waals surface area contributed by atoms with Crippen LogP contribution < -0.4 is 4.90 Å². The Morgan fingerprint density at radius 2 is 2.05 bits per heavy atom. The van der Waals surface area contributed by atoms with Crippen molar-refractivity contribution in [2.24, 2.45) is 0 Å². The maximum atomic E-state index is 11.3. The van der Waals surface area contributed by atoms with Crippen LogP contribution in [-0.2, 0) is 6.54 Å². The molecule has 0 fully saturated rings. The number of carbonyl (C=O) groups is 1. The van der Waals surface area contributed by atoms with Crippen LogP contribution in [0.2, 0.25) is 0 Å². The number of para-hydroxylation sites is 1. The Labute approximate surface area is 124 Å². The molecule has 1 aromatic carbocycles. The van der Waals surface area contributed by atoms with E-state index in [0.717, 1.165) is 25.1 Å². The zero-order valence-corrected chi connectivity index (χ0v) is 12.1. The van der Waals surface area contributed by atoms with E-state index in [1.54, 1.807) is 0 Å². The fourth-order valence-corrected chi connectivity index (χ4v) is 2.13. The van der Waals surface area contributed by atoms with Crippen LogP contribution in [0.15, 0.2) is 42.9 Å². The molecule has 1 heterocycles. The minimum absolute atomic E-state index is 0.162. The van der Waals surface area contributed by atoms with Crippen molar-refractivity contribution in [2.75, 3.05) is 11.4 Å². The Kier molecular flexibility index (Phi) is 5.26. The van der Waals surface area contributed by atoms with Gasteiger partial charge in [0.25, 0.3) is 0 Å². The summed E-state index contributed by atoms with van der Waals surface area (Å²) in [4.78, 5) is 21.3. The zero-order chi connectivity index (χ0) is 15.1. The Hall–Kier alpha value is -2.43. The van der Waals surface area contributed by atoms with E-state index >= 15 is 0 Å². The van der Waals surface area contributed by atoms with Gasteiger partial charge in [0.2, 0.25) is 0 Å². The molecule has 0 aliphatic rings. The highest BCUT2D eigenvalue weighted by atomic mass is 16.4. The molecule has 5 heteroatoms. The molecule has 0 amide bonds. The third-order valence-corrected chi connectivity index (χ3v) is 3.27. The lowest BCUT2D eigenvalue weighted by molar-refractivity contribution is 0.0694. The standard InChI is InChI=1S/C16H19N3O2/c1-2-3-9-19(13-7-5-4-6-8-13)11-15-14(16(20)21)10-17-12-18-15/h4-8,10,12H,2-3,9,11H2,1H3,(H,20,21). The molecule has 0 atom stereocenters. The van der Waals surface area contributed by atoms with Crippen LogP contribution in [0.4, 0.5) is 5.69 Å². The average Bonchev–Trinajstić information content (AvgIpc) is 2.52. The summed E-state index contributed by atoms with van der Waals surface area (Å²) in [5.41, 5.74) is 1.77. The van der Waals surface area contributed by atoms with E-state index in [4.69, 9.17) is 0 Å². The number of carboxylic acid groups (broad SMARTS) is 1. The van der Waals surface area contributed by atoms with Gasteiger partial charge in [0.1, 0.15) is 11.9 Å². The monoisotopic (exact) mass is 285 g/mol. The van der Waals surface area contributed by atoms with E-state index in [9.17, 15) is 9.90 Å². The number of benzene rings is 1.